The number of hydrogen-bond donors (Lipinski definition) is 0. The van der Waals surface area contributed by atoms with E-state index in [0.717, 1.165) is 11.3 Å². The number of esters is 1. The summed E-state index contributed by atoms with van der Waals surface area (Å²) >= 11 is 0. The minimum Gasteiger partial charge on any atom is -0.460 e. The first kappa shape index (κ1) is 18.3. The number of carbonyl (C=O) groups excluding carboxylic acids is 2. The summed E-state index contributed by atoms with van der Waals surface area (Å²) < 4.78 is 5.40. The van der Waals surface area contributed by atoms with E-state index in [1.54, 1.807) is 41.6 Å². The molecule has 0 aliphatic rings. The zero-order valence-corrected chi connectivity index (χ0v) is 15.0. The second kappa shape index (κ2) is 8.76. The summed E-state index contributed by atoms with van der Waals surface area (Å²) in [6.45, 7) is 2.21. The van der Waals surface area contributed by atoms with Gasteiger partial charge in [0.25, 0.3) is 5.91 Å². The van der Waals surface area contributed by atoms with Gasteiger partial charge in [0.15, 0.2) is 0 Å². The molecule has 1 amide bonds. The first-order valence-corrected chi connectivity index (χ1v) is 8.66. The minimum absolute atomic E-state index is 0.0961. The Morgan fingerprint density at radius 3 is 2.30 bits per heavy atom. The fourth-order valence-electron chi connectivity index (χ4n) is 2.72. The summed E-state index contributed by atoms with van der Waals surface area (Å²) in [4.78, 5) is 30.7. The van der Waals surface area contributed by atoms with Crippen molar-refractivity contribution < 1.29 is 14.3 Å². The number of nitrogens with zero attached hydrogens (tertiary/aromatic N) is 2. The van der Waals surface area contributed by atoms with Crippen molar-refractivity contribution in [1.82, 2.24) is 4.98 Å². The van der Waals surface area contributed by atoms with Crippen LogP contribution in [0.4, 0.5) is 5.69 Å². The Balaban J connectivity index is 1.72. The van der Waals surface area contributed by atoms with Crippen LogP contribution in [-0.4, -0.2) is 30.0 Å². The Kier molecular flexibility index (Phi) is 5.94. The SMILES string of the molecule is Cc1ccccc1C(=O)OCCN(C(=O)c1ccncc1)c1ccccc1. The number of amides is 1. The first-order valence-electron chi connectivity index (χ1n) is 8.66. The number of rotatable bonds is 6. The van der Waals surface area contributed by atoms with Crippen molar-refractivity contribution in [2.24, 2.45) is 0 Å². The maximum Gasteiger partial charge on any atom is 0.338 e. The van der Waals surface area contributed by atoms with Gasteiger partial charge in [0.05, 0.1) is 12.1 Å². The molecule has 3 rings (SSSR count). The van der Waals surface area contributed by atoms with Crippen molar-refractivity contribution in [2.75, 3.05) is 18.1 Å². The highest BCUT2D eigenvalue weighted by molar-refractivity contribution is 6.06. The second-order valence-corrected chi connectivity index (χ2v) is 5.98. The van der Waals surface area contributed by atoms with E-state index in [1.165, 1.54) is 0 Å². The summed E-state index contributed by atoms with van der Waals surface area (Å²) in [5.74, 6) is -0.562. The van der Waals surface area contributed by atoms with Crippen LogP contribution in [0.5, 0.6) is 0 Å². The van der Waals surface area contributed by atoms with Gasteiger partial charge in [0.1, 0.15) is 6.61 Å². The van der Waals surface area contributed by atoms with Crippen LogP contribution in [0.3, 0.4) is 0 Å². The number of hydrogen-bond acceptors (Lipinski definition) is 4. The highest BCUT2D eigenvalue weighted by Gasteiger charge is 2.18. The molecule has 2 aromatic carbocycles. The van der Waals surface area contributed by atoms with Gasteiger partial charge in [-0.25, -0.2) is 4.79 Å². The molecule has 1 aromatic heterocycles. The topological polar surface area (TPSA) is 59.5 Å². The second-order valence-electron chi connectivity index (χ2n) is 5.98. The number of para-hydroxylation sites is 1. The zero-order valence-electron chi connectivity index (χ0n) is 15.0. The van der Waals surface area contributed by atoms with Gasteiger partial charge < -0.3 is 9.64 Å². The van der Waals surface area contributed by atoms with E-state index in [4.69, 9.17) is 4.74 Å². The lowest BCUT2D eigenvalue weighted by Gasteiger charge is -2.23. The maximum atomic E-state index is 12.9. The monoisotopic (exact) mass is 360 g/mol. The molecule has 5 heteroatoms. The van der Waals surface area contributed by atoms with Gasteiger partial charge in [-0.05, 0) is 42.8 Å². The van der Waals surface area contributed by atoms with Crippen molar-refractivity contribution in [2.45, 2.75) is 6.92 Å². The number of ether oxygens (including phenoxy) is 1. The Hall–Kier alpha value is -3.47. The number of aryl methyl sites for hydroxylation is 1. The van der Waals surface area contributed by atoms with Crippen LogP contribution in [0, 0.1) is 6.92 Å². The van der Waals surface area contributed by atoms with Gasteiger partial charge in [0, 0.05) is 23.6 Å². The molecule has 0 saturated carbocycles. The van der Waals surface area contributed by atoms with E-state index in [9.17, 15) is 9.59 Å². The van der Waals surface area contributed by atoms with E-state index in [1.807, 2.05) is 49.4 Å². The first-order chi connectivity index (χ1) is 13.2. The Morgan fingerprint density at radius 1 is 0.926 bits per heavy atom. The van der Waals surface area contributed by atoms with Crippen LogP contribution < -0.4 is 4.90 Å². The molecule has 0 fully saturated rings. The fraction of sp³-hybridized carbons (Fsp3) is 0.136. The molecule has 0 unspecified atom stereocenters. The molecule has 0 aliphatic carbocycles. The number of carbonyl (C=O) groups is 2. The highest BCUT2D eigenvalue weighted by Crippen LogP contribution is 2.17. The van der Waals surface area contributed by atoms with Crippen LogP contribution in [0.15, 0.2) is 79.1 Å². The number of pyridine rings is 1. The molecule has 1 heterocycles. The maximum absolute atomic E-state index is 12.9. The van der Waals surface area contributed by atoms with Crippen LogP contribution >= 0.6 is 0 Å². The standard InChI is InChI=1S/C22H20N2O3/c1-17-7-5-6-10-20(17)22(26)27-16-15-24(19-8-3-2-4-9-19)21(25)18-11-13-23-14-12-18/h2-14H,15-16H2,1H3. The quantitative estimate of drug-likeness (QED) is 0.626. The number of benzene rings is 2. The fourth-order valence-corrected chi connectivity index (χ4v) is 2.72. The molecule has 0 atom stereocenters. The summed E-state index contributed by atoms with van der Waals surface area (Å²) in [6.07, 6.45) is 3.16. The lowest BCUT2D eigenvalue weighted by Crippen LogP contribution is -2.34. The van der Waals surface area contributed by atoms with Crippen LogP contribution in [0.2, 0.25) is 0 Å². The average molecular weight is 360 g/mol. The van der Waals surface area contributed by atoms with Gasteiger partial charge in [-0.15, -0.1) is 0 Å². The third-order valence-electron chi connectivity index (χ3n) is 4.15. The average Bonchev–Trinajstić information content (AvgIpc) is 2.72. The van der Waals surface area contributed by atoms with Crippen LogP contribution in [0.25, 0.3) is 0 Å². The molecule has 0 aliphatic heterocycles. The Morgan fingerprint density at radius 2 is 1.59 bits per heavy atom. The molecule has 0 N–H and O–H groups in total. The lowest BCUT2D eigenvalue weighted by atomic mass is 10.1. The van der Waals surface area contributed by atoms with Crippen molar-refractivity contribution in [1.29, 1.82) is 0 Å². The van der Waals surface area contributed by atoms with E-state index in [2.05, 4.69) is 4.98 Å². The molecular weight excluding hydrogens is 340 g/mol. The van der Waals surface area contributed by atoms with Gasteiger partial charge in [-0.1, -0.05) is 36.4 Å². The van der Waals surface area contributed by atoms with Crippen molar-refractivity contribution in [3.63, 3.8) is 0 Å². The van der Waals surface area contributed by atoms with Crippen molar-refractivity contribution in [3.05, 3.63) is 95.8 Å². The summed E-state index contributed by atoms with van der Waals surface area (Å²) in [5.41, 5.74) is 2.66. The third kappa shape index (κ3) is 4.58. The minimum atomic E-state index is -0.391. The van der Waals surface area contributed by atoms with Crippen LogP contribution in [-0.2, 0) is 4.74 Å². The van der Waals surface area contributed by atoms with Crippen LogP contribution in [0.1, 0.15) is 26.3 Å². The van der Waals surface area contributed by atoms with E-state index in [-0.39, 0.29) is 19.1 Å². The highest BCUT2D eigenvalue weighted by atomic mass is 16.5. The molecule has 136 valence electrons. The molecule has 27 heavy (non-hydrogen) atoms. The van der Waals surface area contributed by atoms with E-state index >= 15 is 0 Å². The normalized spacial score (nSPS) is 10.3. The molecular formula is C22H20N2O3. The molecule has 3 aromatic rings. The van der Waals surface area contributed by atoms with Gasteiger partial charge in [-0.3, -0.25) is 9.78 Å². The predicted molar refractivity (Wildman–Crippen MR) is 104 cm³/mol. The summed E-state index contributed by atoms with van der Waals surface area (Å²) in [5, 5.41) is 0. The van der Waals surface area contributed by atoms with Crippen molar-refractivity contribution >= 4 is 17.6 Å². The lowest BCUT2D eigenvalue weighted by molar-refractivity contribution is 0.0510. The Bertz CT molecular complexity index is 911. The summed E-state index contributed by atoms with van der Waals surface area (Å²) in [6, 6.07) is 19.9. The molecule has 0 saturated heterocycles. The van der Waals surface area contributed by atoms with E-state index < -0.39 is 5.97 Å². The van der Waals surface area contributed by atoms with Gasteiger partial charge in [-0.2, -0.15) is 0 Å². The zero-order chi connectivity index (χ0) is 19.1. The number of aromatic nitrogens is 1. The molecule has 0 spiro atoms. The van der Waals surface area contributed by atoms with E-state index in [0.29, 0.717) is 11.1 Å². The van der Waals surface area contributed by atoms with Crippen molar-refractivity contribution in [3.8, 4) is 0 Å². The third-order valence-corrected chi connectivity index (χ3v) is 4.15. The number of anilines is 1. The van der Waals surface area contributed by atoms with Gasteiger partial charge in [0.2, 0.25) is 0 Å². The van der Waals surface area contributed by atoms with Gasteiger partial charge >= 0.3 is 5.97 Å². The summed E-state index contributed by atoms with van der Waals surface area (Å²) in [7, 11) is 0. The molecule has 5 nitrogen and oxygen atoms in total. The largest absolute Gasteiger partial charge is 0.460 e. The smallest absolute Gasteiger partial charge is 0.338 e. The molecule has 0 bridgehead atoms. The molecule has 0 radical (unpaired) electrons. The Labute approximate surface area is 158 Å². The predicted octanol–water partition coefficient (Wildman–Crippen LogP) is 3.89.